The molecule has 6 nitrogen and oxygen atoms in total. The van der Waals surface area contributed by atoms with Crippen molar-refractivity contribution in [3.05, 3.63) is 28.7 Å². The number of aliphatic carboxylic acids is 1. The lowest BCUT2D eigenvalue weighted by molar-refractivity contribution is -0.138. The Hall–Kier alpha value is -1.89. The molecular formula is C16H21BrN2O4. The van der Waals surface area contributed by atoms with Crippen LogP contribution in [0.4, 0.5) is 10.5 Å². The van der Waals surface area contributed by atoms with Gasteiger partial charge in [0.25, 0.3) is 0 Å². The van der Waals surface area contributed by atoms with Crippen molar-refractivity contribution in [3.8, 4) is 0 Å². The van der Waals surface area contributed by atoms with Gasteiger partial charge in [-0.3, -0.25) is 9.59 Å². The Bertz CT molecular complexity index is 560. The van der Waals surface area contributed by atoms with Gasteiger partial charge in [-0.05, 0) is 30.2 Å². The van der Waals surface area contributed by atoms with Gasteiger partial charge in [-0.1, -0.05) is 36.2 Å². The van der Waals surface area contributed by atoms with Crippen molar-refractivity contribution >= 4 is 39.4 Å². The zero-order valence-electron chi connectivity index (χ0n) is 13.1. The molecule has 2 atom stereocenters. The Morgan fingerprint density at radius 2 is 1.78 bits per heavy atom. The molecule has 1 aromatic rings. The van der Waals surface area contributed by atoms with Crippen LogP contribution in [0, 0.1) is 5.92 Å². The Labute approximate surface area is 143 Å². The number of carbonyl (C=O) groups is 3. The highest BCUT2D eigenvalue weighted by Gasteiger charge is 2.25. The lowest BCUT2D eigenvalue weighted by Gasteiger charge is -2.23. The second kappa shape index (κ2) is 9.29. The van der Waals surface area contributed by atoms with E-state index in [0.717, 1.165) is 4.47 Å². The summed E-state index contributed by atoms with van der Waals surface area (Å²) in [4.78, 5) is 34.8. The summed E-state index contributed by atoms with van der Waals surface area (Å²) in [6.45, 7) is 3.76. The number of carbonyl (C=O) groups excluding carboxylic acids is 2. The summed E-state index contributed by atoms with van der Waals surface area (Å²) < 4.78 is 0.893. The first-order valence-electron chi connectivity index (χ1n) is 7.41. The molecule has 0 aliphatic rings. The number of ketones is 1. The highest BCUT2D eigenvalue weighted by Crippen LogP contribution is 2.15. The second-order valence-corrected chi connectivity index (χ2v) is 6.24. The fourth-order valence-electron chi connectivity index (χ4n) is 2.00. The molecule has 0 aromatic heterocycles. The van der Waals surface area contributed by atoms with Gasteiger partial charge in [-0.2, -0.15) is 0 Å². The highest BCUT2D eigenvalue weighted by atomic mass is 79.9. The van der Waals surface area contributed by atoms with E-state index in [1.54, 1.807) is 24.3 Å². The zero-order valence-corrected chi connectivity index (χ0v) is 14.7. The van der Waals surface area contributed by atoms with Crippen LogP contribution < -0.4 is 10.6 Å². The van der Waals surface area contributed by atoms with Crippen molar-refractivity contribution < 1.29 is 19.5 Å². The van der Waals surface area contributed by atoms with Crippen LogP contribution in [0.2, 0.25) is 0 Å². The van der Waals surface area contributed by atoms with Gasteiger partial charge in [-0.25, -0.2) is 4.79 Å². The Kier molecular flexibility index (Phi) is 7.74. The molecule has 1 aromatic carbocycles. The highest BCUT2D eigenvalue weighted by molar-refractivity contribution is 9.10. The fourth-order valence-corrected chi connectivity index (χ4v) is 2.27. The summed E-state index contributed by atoms with van der Waals surface area (Å²) in [6.07, 6.45) is 0.368. The number of anilines is 1. The van der Waals surface area contributed by atoms with E-state index in [2.05, 4.69) is 26.6 Å². The lowest BCUT2D eigenvalue weighted by atomic mass is 9.93. The summed E-state index contributed by atoms with van der Waals surface area (Å²) in [5, 5.41) is 14.0. The van der Waals surface area contributed by atoms with E-state index in [9.17, 15) is 14.4 Å². The van der Waals surface area contributed by atoms with Crippen LogP contribution in [0.5, 0.6) is 0 Å². The largest absolute Gasteiger partial charge is 0.481 e. The van der Waals surface area contributed by atoms with E-state index in [4.69, 9.17) is 5.11 Å². The molecule has 1 rings (SSSR count). The number of Topliss-reactive ketones (excluding diaryl/α,β-unsaturated/α-hetero) is 1. The van der Waals surface area contributed by atoms with E-state index >= 15 is 0 Å². The van der Waals surface area contributed by atoms with Gasteiger partial charge < -0.3 is 15.7 Å². The first-order valence-corrected chi connectivity index (χ1v) is 8.20. The van der Waals surface area contributed by atoms with Gasteiger partial charge in [0.2, 0.25) is 0 Å². The Balaban J connectivity index is 2.68. The molecule has 7 heteroatoms. The van der Waals surface area contributed by atoms with Gasteiger partial charge in [0.1, 0.15) is 0 Å². The number of amides is 2. The minimum Gasteiger partial charge on any atom is -0.481 e. The van der Waals surface area contributed by atoms with Gasteiger partial charge in [-0.15, -0.1) is 0 Å². The predicted molar refractivity (Wildman–Crippen MR) is 91.4 cm³/mol. The smallest absolute Gasteiger partial charge is 0.319 e. The van der Waals surface area contributed by atoms with E-state index in [0.29, 0.717) is 12.1 Å². The molecule has 0 saturated carbocycles. The quantitative estimate of drug-likeness (QED) is 0.639. The summed E-state index contributed by atoms with van der Waals surface area (Å²) in [6, 6.07) is 5.86. The van der Waals surface area contributed by atoms with Crippen molar-refractivity contribution in [1.82, 2.24) is 5.32 Å². The minimum absolute atomic E-state index is 0.0769. The molecule has 0 fully saturated rings. The summed E-state index contributed by atoms with van der Waals surface area (Å²) in [5.41, 5.74) is 0.603. The molecule has 0 bridgehead atoms. The van der Waals surface area contributed by atoms with Crippen molar-refractivity contribution in [2.75, 3.05) is 5.32 Å². The Morgan fingerprint density at radius 1 is 1.17 bits per heavy atom. The molecule has 0 heterocycles. The average molecular weight is 385 g/mol. The van der Waals surface area contributed by atoms with Crippen LogP contribution in [0.25, 0.3) is 0 Å². The topological polar surface area (TPSA) is 95.5 Å². The van der Waals surface area contributed by atoms with Crippen LogP contribution in [0.3, 0.4) is 0 Å². The molecule has 0 spiro atoms. The van der Waals surface area contributed by atoms with Crippen molar-refractivity contribution in [3.63, 3.8) is 0 Å². The van der Waals surface area contributed by atoms with Crippen LogP contribution in [0.15, 0.2) is 28.7 Å². The minimum atomic E-state index is -1.03. The first-order chi connectivity index (χ1) is 10.8. The van der Waals surface area contributed by atoms with Crippen LogP contribution in [0.1, 0.15) is 33.1 Å². The number of hydrogen-bond donors (Lipinski definition) is 3. The SMILES string of the molecule is CC[C@H](C)[C@H](NC(=O)Nc1ccc(Br)cc1)C(=O)CCC(=O)O. The third-order valence-corrected chi connectivity index (χ3v) is 4.06. The molecule has 0 aliphatic carbocycles. The third-order valence-electron chi connectivity index (χ3n) is 3.53. The van der Waals surface area contributed by atoms with Crippen molar-refractivity contribution in [1.29, 1.82) is 0 Å². The first kappa shape index (κ1) is 19.2. The number of rotatable bonds is 8. The number of halogens is 1. The average Bonchev–Trinajstić information content (AvgIpc) is 2.51. The normalized spacial score (nSPS) is 13.0. The molecule has 0 radical (unpaired) electrons. The molecular weight excluding hydrogens is 364 g/mol. The molecule has 0 unspecified atom stereocenters. The molecule has 0 aliphatic heterocycles. The molecule has 23 heavy (non-hydrogen) atoms. The number of nitrogens with one attached hydrogen (secondary N) is 2. The third kappa shape index (κ3) is 6.81. The number of urea groups is 1. The molecule has 126 valence electrons. The molecule has 0 saturated heterocycles. The molecule has 3 N–H and O–H groups in total. The van der Waals surface area contributed by atoms with Gasteiger partial charge in [0, 0.05) is 16.6 Å². The van der Waals surface area contributed by atoms with Gasteiger partial charge in [0.05, 0.1) is 12.5 Å². The van der Waals surface area contributed by atoms with Gasteiger partial charge in [0.15, 0.2) is 5.78 Å². The molecule has 2 amide bonds. The van der Waals surface area contributed by atoms with Crippen molar-refractivity contribution in [2.24, 2.45) is 5.92 Å². The number of benzene rings is 1. The summed E-state index contributed by atoms with van der Waals surface area (Å²) in [5.74, 6) is -1.37. The number of carboxylic acid groups (broad SMARTS) is 1. The van der Waals surface area contributed by atoms with Gasteiger partial charge >= 0.3 is 12.0 Å². The van der Waals surface area contributed by atoms with E-state index in [1.165, 1.54) is 0 Å². The van der Waals surface area contributed by atoms with Crippen molar-refractivity contribution in [2.45, 2.75) is 39.2 Å². The Morgan fingerprint density at radius 3 is 2.30 bits per heavy atom. The van der Waals surface area contributed by atoms with E-state index in [1.807, 2.05) is 13.8 Å². The van der Waals surface area contributed by atoms with Crippen LogP contribution in [-0.4, -0.2) is 28.9 Å². The monoisotopic (exact) mass is 384 g/mol. The second-order valence-electron chi connectivity index (χ2n) is 5.33. The number of carboxylic acids is 1. The summed E-state index contributed by atoms with van der Waals surface area (Å²) >= 11 is 3.31. The number of hydrogen-bond acceptors (Lipinski definition) is 3. The van der Waals surface area contributed by atoms with E-state index in [-0.39, 0.29) is 24.5 Å². The van der Waals surface area contributed by atoms with Crippen LogP contribution >= 0.6 is 15.9 Å². The summed E-state index contributed by atoms with van der Waals surface area (Å²) in [7, 11) is 0. The van der Waals surface area contributed by atoms with Crippen LogP contribution in [-0.2, 0) is 9.59 Å². The maximum atomic E-state index is 12.2. The van der Waals surface area contributed by atoms with E-state index < -0.39 is 18.0 Å². The predicted octanol–water partition coefficient (Wildman–Crippen LogP) is 3.42. The maximum absolute atomic E-state index is 12.2. The zero-order chi connectivity index (χ0) is 17.4. The fraction of sp³-hybridized carbons (Fsp3) is 0.438. The maximum Gasteiger partial charge on any atom is 0.319 e. The lowest BCUT2D eigenvalue weighted by Crippen LogP contribution is -2.46. The standard InChI is InChI=1S/C16H21BrN2O4/c1-3-10(2)15(13(20)8-9-14(21)22)19-16(23)18-12-6-4-11(17)5-7-12/h4-7,10,15H,3,8-9H2,1-2H3,(H,21,22)(H2,18,19,23)/t10-,15-/m0/s1.